The molecule has 0 unspecified atom stereocenters. The molecule has 0 atom stereocenters. The minimum Gasteiger partial charge on any atom is -0.326 e. The Kier molecular flexibility index (Phi) is 4.59. The number of carbonyl (C=O) groups excluding carboxylic acids is 1. The van der Waals surface area contributed by atoms with Crippen LogP contribution in [0.1, 0.15) is 34.1 Å². The number of benzene rings is 1. The van der Waals surface area contributed by atoms with Crippen LogP contribution in [-0.2, 0) is 6.42 Å². The summed E-state index contributed by atoms with van der Waals surface area (Å²) >= 11 is 0. The van der Waals surface area contributed by atoms with Crippen molar-refractivity contribution in [1.82, 2.24) is 4.98 Å². The molecule has 23 heavy (non-hydrogen) atoms. The Labute approximate surface area is 132 Å². The lowest BCUT2D eigenvalue weighted by molar-refractivity contribution is -0.385. The van der Waals surface area contributed by atoms with Gasteiger partial charge in [0.05, 0.1) is 4.92 Å². The Balaban J connectivity index is 2.36. The van der Waals surface area contributed by atoms with Gasteiger partial charge in [-0.3, -0.25) is 19.7 Å². The summed E-state index contributed by atoms with van der Waals surface area (Å²) in [6.07, 6.45) is 0.515. The van der Waals surface area contributed by atoms with E-state index in [0.717, 1.165) is 0 Å². The molecule has 0 aliphatic rings. The summed E-state index contributed by atoms with van der Waals surface area (Å²) in [6.45, 7) is 5.21. The maximum atomic E-state index is 12.3. The van der Waals surface area contributed by atoms with Crippen molar-refractivity contribution >= 4 is 17.3 Å². The molecule has 1 aromatic heterocycles. The SMILES string of the molecule is CCc1ccc(NC(=O)c2c(C)cc(C)[nH]c2=O)cc1[N+](=O)[O-]. The highest BCUT2D eigenvalue weighted by molar-refractivity contribution is 6.05. The quantitative estimate of drug-likeness (QED) is 0.668. The third kappa shape index (κ3) is 3.45. The lowest BCUT2D eigenvalue weighted by Gasteiger charge is -2.09. The molecule has 0 saturated heterocycles. The molecule has 0 bridgehead atoms. The molecule has 0 spiro atoms. The fourth-order valence-electron chi connectivity index (χ4n) is 2.44. The van der Waals surface area contributed by atoms with Gasteiger partial charge in [0.25, 0.3) is 17.2 Å². The second kappa shape index (κ2) is 6.43. The molecule has 0 radical (unpaired) electrons. The standard InChI is InChI=1S/C16H17N3O4/c1-4-11-5-6-12(8-13(11)19(22)23)18-16(21)14-9(2)7-10(3)17-15(14)20/h5-8H,4H2,1-3H3,(H,17,20)(H,18,21). The number of rotatable bonds is 4. The van der Waals surface area contributed by atoms with Crippen LogP contribution in [0.4, 0.5) is 11.4 Å². The summed E-state index contributed by atoms with van der Waals surface area (Å²) in [5.74, 6) is -0.595. The van der Waals surface area contributed by atoms with E-state index in [2.05, 4.69) is 10.3 Å². The highest BCUT2D eigenvalue weighted by Crippen LogP contribution is 2.24. The molecule has 0 fully saturated rings. The summed E-state index contributed by atoms with van der Waals surface area (Å²) in [4.78, 5) is 37.4. The largest absolute Gasteiger partial charge is 0.326 e. The number of anilines is 1. The first kappa shape index (κ1) is 16.4. The van der Waals surface area contributed by atoms with Gasteiger partial charge in [0.15, 0.2) is 0 Å². The molecule has 7 heteroatoms. The zero-order chi connectivity index (χ0) is 17.1. The van der Waals surface area contributed by atoms with Crippen molar-refractivity contribution in [3.63, 3.8) is 0 Å². The number of nitro groups is 1. The van der Waals surface area contributed by atoms with E-state index in [1.165, 1.54) is 6.07 Å². The highest BCUT2D eigenvalue weighted by atomic mass is 16.6. The number of nitro benzene ring substituents is 1. The molecule has 2 aromatic rings. The van der Waals surface area contributed by atoms with Gasteiger partial charge in [-0.25, -0.2) is 0 Å². The van der Waals surface area contributed by atoms with Crippen LogP contribution in [0.2, 0.25) is 0 Å². The van der Waals surface area contributed by atoms with E-state index < -0.39 is 16.4 Å². The second-order valence-corrected chi connectivity index (χ2v) is 5.25. The van der Waals surface area contributed by atoms with E-state index >= 15 is 0 Å². The van der Waals surface area contributed by atoms with Crippen molar-refractivity contribution in [2.75, 3.05) is 5.32 Å². The molecular formula is C16H17N3O4. The molecule has 0 aliphatic carbocycles. The van der Waals surface area contributed by atoms with Gasteiger partial charge in [-0.15, -0.1) is 0 Å². The van der Waals surface area contributed by atoms with Crippen LogP contribution < -0.4 is 10.9 Å². The average molecular weight is 315 g/mol. The number of pyridine rings is 1. The maximum absolute atomic E-state index is 12.3. The van der Waals surface area contributed by atoms with Crippen molar-refractivity contribution in [2.24, 2.45) is 0 Å². The van der Waals surface area contributed by atoms with E-state index in [1.807, 2.05) is 6.92 Å². The summed E-state index contributed by atoms with van der Waals surface area (Å²) in [7, 11) is 0. The van der Waals surface area contributed by atoms with Gasteiger partial charge in [-0.05, 0) is 38.0 Å². The third-order valence-electron chi connectivity index (χ3n) is 3.51. The predicted octanol–water partition coefficient (Wildman–Crippen LogP) is 2.71. The summed E-state index contributed by atoms with van der Waals surface area (Å²) in [5.41, 5.74) is 1.52. The minimum atomic E-state index is -0.595. The Morgan fingerprint density at radius 3 is 2.57 bits per heavy atom. The first-order valence-corrected chi connectivity index (χ1v) is 7.12. The van der Waals surface area contributed by atoms with E-state index in [0.29, 0.717) is 23.2 Å². The molecule has 2 N–H and O–H groups in total. The van der Waals surface area contributed by atoms with Gasteiger partial charge < -0.3 is 10.3 Å². The lowest BCUT2D eigenvalue weighted by Crippen LogP contribution is -2.25. The topological polar surface area (TPSA) is 105 Å². The summed E-state index contributed by atoms with van der Waals surface area (Å²) < 4.78 is 0. The van der Waals surface area contributed by atoms with Crippen LogP contribution >= 0.6 is 0 Å². The Hall–Kier alpha value is -2.96. The van der Waals surface area contributed by atoms with Crippen molar-refractivity contribution in [1.29, 1.82) is 0 Å². The molecule has 1 aromatic carbocycles. The number of nitrogens with zero attached hydrogens (tertiary/aromatic N) is 1. The zero-order valence-corrected chi connectivity index (χ0v) is 13.1. The summed E-state index contributed by atoms with van der Waals surface area (Å²) in [5, 5.41) is 13.6. The first-order chi connectivity index (χ1) is 10.8. The van der Waals surface area contributed by atoms with Gasteiger partial charge in [0.2, 0.25) is 0 Å². The van der Waals surface area contributed by atoms with Crippen LogP contribution in [-0.4, -0.2) is 15.8 Å². The smallest absolute Gasteiger partial charge is 0.274 e. The molecule has 1 heterocycles. The molecule has 2 rings (SSSR count). The fourth-order valence-corrected chi connectivity index (χ4v) is 2.44. The van der Waals surface area contributed by atoms with E-state index in [9.17, 15) is 19.7 Å². The lowest BCUT2D eigenvalue weighted by atomic mass is 10.1. The van der Waals surface area contributed by atoms with Gasteiger partial charge in [0.1, 0.15) is 5.56 Å². The number of nitrogens with one attached hydrogen (secondary N) is 2. The number of hydrogen-bond donors (Lipinski definition) is 2. The number of H-pyrrole nitrogens is 1. The van der Waals surface area contributed by atoms with Gasteiger partial charge >= 0.3 is 0 Å². The number of aromatic amines is 1. The van der Waals surface area contributed by atoms with Crippen molar-refractivity contribution < 1.29 is 9.72 Å². The van der Waals surface area contributed by atoms with Crippen LogP contribution in [0.5, 0.6) is 0 Å². The highest BCUT2D eigenvalue weighted by Gasteiger charge is 2.17. The zero-order valence-electron chi connectivity index (χ0n) is 13.1. The molecule has 1 amide bonds. The molecule has 7 nitrogen and oxygen atoms in total. The number of aromatic nitrogens is 1. The van der Waals surface area contributed by atoms with Crippen LogP contribution in [0.3, 0.4) is 0 Å². The van der Waals surface area contributed by atoms with E-state index in [4.69, 9.17) is 0 Å². The Morgan fingerprint density at radius 1 is 1.30 bits per heavy atom. The Morgan fingerprint density at radius 2 is 2.00 bits per heavy atom. The van der Waals surface area contributed by atoms with Gasteiger partial charge in [-0.2, -0.15) is 0 Å². The van der Waals surface area contributed by atoms with Crippen molar-refractivity contribution in [2.45, 2.75) is 27.2 Å². The molecule has 0 saturated carbocycles. The second-order valence-electron chi connectivity index (χ2n) is 5.25. The molecule has 0 aliphatic heterocycles. The number of carbonyl (C=O) groups is 1. The summed E-state index contributed by atoms with van der Waals surface area (Å²) in [6, 6.07) is 6.18. The predicted molar refractivity (Wildman–Crippen MR) is 87.0 cm³/mol. The van der Waals surface area contributed by atoms with Crippen LogP contribution in [0, 0.1) is 24.0 Å². The number of amides is 1. The molecule has 120 valence electrons. The average Bonchev–Trinajstić information content (AvgIpc) is 2.45. The maximum Gasteiger partial charge on any atom is 0.274 e. The van der Waals surface area contributed by atoms with Crippen LogP contribution in [0.25, 0.3) is 0 Å². The monoisotopic (exact) mass is 315 g/mol. The third-order valence-corrected chi connectivity index (χ3v) is 3.51. The fraction of sp³-hybridized carbons (Fsp3) is 0.250. The minimum absolute atomic E-state index is 0.00202. The van der Waals surface area contributed by atoms with Crippen molar-refractivity contribution in [3.8, 4) is 0 Å². The number of aryl methyl sites for hydroxylation is 3. The normalized spacial score (nSPS) is 10.4. The number of hydrogen-bond acceptors (Lipinski definition) is 4. The Bertz CT molecular complexity index is 840. The van der Waals surface area contributed by atoms with Gasteiger partial charge in [-0.1, -0.05) is 13.0 Å². The van der Waals surface area contributed by atoms with E-state index in [1.54, 1.807) is 32.0 Å². The molecular weight excluding hydrogens is 298 g/mol. The first-order valence-electron chi connectivity index (χ1n) is 7.12. The van der Waals surface area contributed by atoms with E-state index in [-0.39, 0.29) is 16.9 Å². The van der Waals surface area contributed by atoms with Crippen LogP contribution in [0.15, 0.2) is 29.1 Å². The van der Waals surface area contributed by atoms with Gasteiger partial charge in [0, 0.05) is 23.0 Å². The van der Waals surface area contributed by atoms with Crippen molar-refractivity contribution in [3.05, 3.63) is 67.1 Å².